The van der Waals surface area contributed by atoms with Crippen LogP contribution >= 0.6 is 0 Å². The van der Waals surface area contributed by atoms with Gasteiger partial charge in [0.25, 0.3) is 0 Å². The zero-order chi connectivity index (χ0) is 28.1. The van der Waals surface area contributed by atoms with Crippen LogP contribution in [0.1, 0.15) is 29.5 Å². The van der Waals surface area contributed by atoms with Gasteiger partial charge in [0, 0.05) is 12.6 Å². The fraction of sp³-hybridized carbons (Fsp3) is 0.211. The quantitative estimate of drug-likeness (QED) is 0.162. The van der Waals surface area contributed by atoms with E-state index in [1.54, 1.807) is 0 Å². The molecule has 0 amide bonds. The van der Waals surface area contributed by atoms with Crippen molar-refractivity contribution in [1.29, 1.82) is 0 Å². The first-order chi connectivity index (χ1) is 20.1. The van der Waals surface area contributed by atoms with Gasteiger partial charge in [-0.1, -0.05) is 169 Å². The summed E-state index contributed by atoms with van der Waals surface area (Å²) in [7, 11) is -2.24. The molecule has 6 rings (SSSR count). The second-order valence-corrected chi connectivity index (χ2v) is 15.8. The van der Waals surface area contributed by atoms with Gasteiger partial charge in [-0.05, 0) is 35.6 Å². The number of hydrogen-bond acceptors (Lipinski definition) is 2. The lowest BCUT2D eigenvalue weighted by atomic mass is 9.75. The smallest absolute Gasteiger partial charge is 0.117 e. The van der Waals surface area contributed by atoms with Gasteiger partial charge in [0.2, 0.25) is 0 Å². The first-order valence-corrected chi connectivity index (χ1v) is 17.6. The van der Waals surface area contributed by atoms with Crippen LogP contribution in [0.25, 0.3) is 0 Å². The SMILES string of the molecule is C[Si](CC(O)C1CCCN1C(c1ccccc1)(c1ccccc1)c1ccccc1)(c1ccccc1)c1ccccc1. The van der Waals surface area contributed by atoms with Crippen molar-refractivity contribution in [1.82, 2.24) is 4.90 Å². The lowest BCUT2D eigenvalue weighted by Crippen LogP contribution is -2.60. The normalized spacial score (nSPS) is 16.9. The average Bonchev–Trinajstić information content (AvgIpc) is 3.54. The predicted octanol–water partition coefficient (Wildman–Crippen LogP) is 6.70. The average molecular weight is 554 g/mol. The van der Waals surface area contributed by atoms with Gasteiger partial charge in [-0.25, -0.2) is 0 Å². The maximum atomic E-state index is 12.4. The third kappa shape index (κ3) is 5.10. The van der Waals surface area contributed by atoms with Gasteiger partial charge in [0.1, 0.15) is 8.07 Å². The molecule has 1 aliphatic heterocycles. The van der Waals surface area contributed by atoms with Crippen LogP contribution in [0, 0.1) is 0 Å². The van der Waals surface area contributed by atoms with Crippen LogP contribution in [0.2, 0.25) is 12.6 Å². The molecule has 2 atom stereocenters. The van der Waals surface area contributed by atoms with E-state index in [1.807, 2.05) is 0 Å². The Morgan fingerprint density at radius 1 is 0.634 bits per heavy atom. The summed E-state index contributed by atoms with van der Waals surface area (Å²) in [6, 6.07) is 55.3. The van der Waals surface area contributed by atoms with Gasteiger partial charge < -0.3 is 5.11 Å². The molecule has 0 saturated carbocycles. The van der Waals surface area contributed by atoms with E-state index < -0.39 is 19.7 Å². The Bertz CT molecular complexity index is 1370. The molecule has 0 spiro atoms. The minimum Gasteiger partial charge on any atom is -0.392 e. The van der Waals surface area contributed by atoms with E-state index in [-0.39, 0.29) is 6.04 Å². The summed E-state index contributed by atoms with van der Waals surface area (Å²) in [6.07, 6.45) is 1.57. The summed E-state index contributed by atoms with van der Waals surface area (Å²) in [4.78, 5) is 2.63. The molecule has 1 N–H and O–H groups in total. The van der Waals surface area contributed by atoms with Crippen LogP contribution in [0.15, 0.2) is 152 Å². The highest BCUT2D eigenvalue weighted by Crippen LogP contribution is 2.46. The number of aliphatic hydroxyl groups excluding tert-OH is 1. The summed E-state index contributed by atoms with van der Waals surface area (Å²) in [5.74, 6) is 0. The molecule has 1 fully saturated rings. The summed E-state index contributed by atoms with van der Waals surface area (Å²) in [5.41, 5.74) is 3.21. The summed E-state index contributed by atoms with van der Waals surface area (Å²) >= 11 is 0. The van der Waals surface area contributed by atoms with E-state index in [1.165, 1.54) is 27.1 Å². The Morgan fingerprint density at radius 3 is 1.39 bits per heavy atom. The zero-order valence-electron chi connectivity index (χ0n) is 23.8. The van der Waals surface area contributed by atoms with Crippen molar-refractivity contribution in [3.05, 3.63) is 168 Å². The Balaban J connectivity index is 1.48. The van der Waals surface area contributed by atoms with Crippen molar-refractivity contribution in [3.63, 3.8) is 0 Å². The highest BCUT2D eigenvalue weighted by atomic mass is 28.3. The number of nitrogens with zero attached hydrogens (tertiary/aromatic N) is 1. The van der Waals surface area contributed by atoms with Crippen molar-refractivity contribution in [3.8, 4) is 0 Å². The molecule has 206 valence electrons. The Kier molecular flexibility index (Phi) is 8.02. The summed E-state index contributed by atoms with van der Waals surface area (Å²) in [6.45, 7) is 3.36. The fourth-order valence-electron chi connectivity index (χ4n) is 7.21. The van der Waals surface area contributed by atoms with Gasteiger partial charge in [-0.3, -0.25) is 4.90 Å². The molecule has 1 aliphatic rings. The number of benzene rings is 5. The van der Waals surface area contributed by atoms with Gasteiger partial charge in [-0.15, -0.1) is 0 Å². The topological polar surface area (TPSA) is 23.5 Å². The van der Waals surface area contributed by atoms with E-state index in [2.05, 4.69) is 163 Å². The van der Waals surface area contributed by atoms with Crippen LogP contribution in [-0.4, -0.2) is 36.8 Å². The Morgan fingerprint density at radius 2 is 1.00 bits per heavy atom. The molecule has 5 aromatic carbocycles. The van der Waals surface area contributed by atoms with Crippen molar-refractivity contribution in [2.45, 2.75) is 43.1 Å². The third-order valence-electron chi connectivity index (χ3n) is 9.19. The molecule has 0 aliphatic carbocycles. The van der Waals surface area contributed by atoms with Gasteiger partial charge in [0.15, 0.2) is 0 Å². The molecule has 1 heterocycles. The molecule has 5 aromatic rings. The van der Waals surface area contributed by atoms with Crippen molar-refractivity contribution in [2.24, 2.45) is 0 Å². The van der Waals surface area contributed by atoms with Gasteiger partial charge in [-0.2, -0.15) is 0 Å². The maximum Gasteiger partial charge on any atom is 0.117 e. The molecule has 0 aromatic heterocycles. The fourth-order valence-corrected chi connectivity index (χ4v) is 11.0. The van der Waals surface area contributed by atoms with Gasteiger partial charge in [0.05, 0.1) is 11.6 Å². The van der Waals surface area contributed by atoms with Crippen LogP contribution < -0.4 is 10.4 Å². The highest BCUT2D eigenvalue weighted by molar-refractivity contribution is 7.01. The summed E-state index contributed by atoms with van der Waals surface area (Å²) in [5, 5.41) is 15.1. The van der Waals surface area contributed by atoms with Crippen molar-refractivity contribution >= 4 is 18.4 Å². The molecule has 2 unspecified atom stereocenters. The Hall–Kier alpha value is -3.76. The second-order valence-electron chi connectivity index (χ2n) is 11.5. The summed E-state index contributed by atoms with van der Waals surface area (Å²) < 4.78 is 0. The maximum absolute atomic E-state index is 12.4. The first kappa shape index (κ1) is 27.4. The molecule has 0 bridgehead atoms. The molecule has 0 radical (unpaired) electrons. The molecule has 3 heteroatoms. The standard InChI is InChI=1S/C38H39NOSi/c1-41(34-24-13-5-14-25-34,35-26-15-6-16-27-35)30-37(40)36-28-17-29-39(36)38(31-18-7-2-8-19-31,32-20-9-3-10-21-32)33-22-11-4-12-23-33/h2-16,18-27,36-37,40H,17,28-30H2,1H3. The van der Waals surface area contributed by atoms with Crippen LogP contribution in [-0.2, 0) is 5.54 Å². The number of hydrogen-bond donors (Lipinski definition) is 1. The predicted molar refractivity (Wildman–Crippen MR) is 174 cm³/mol. The number of aliphatic hydroxyl groups is 1. The van der Waals surface area contributed by atoms with E-state index >= 15 is 0 Å². The van der Waals surface area contributed by atoms with E-state index in [4.69, 9.17) is 0 Å². The molecular weight excluding hydrogens is 515 g/mol. The van der Waals surface area contributed by atoms with Crippen molar-refractivity contribution < 1.29 is 5.11 Å². The number of likely N-dealkylation sites (tertiary alicyclic amines) is 1. The zero-order valence-corrected chi connectivity index (χ0v) is 24.8. The molecule has 1 saturated heterocycles. The van der Waals surface area contributed by atoms with Crippen LogP contribution in [0.4, 0.5) is 0 Å². The third-order valence-corrected chi connectivity index (χ3v) is 13.6. The van der Waals surface area contributed by atoms with Crippen LogP contribution in [0.3, 0.4) is 0 Å². The molecule has 41 heavy (non-hydrogen) atoms. The van der Waals surface area contributed by atoms with Gasteiger partial charge >= 0.3 is 0 Å². The minimum atomic E-state index is -2.24. The monoisotopic (exact) mass is 553 g/mol. The Labute approximate surface area is 246 Å². The molecule has 2 nitrogen and oxygen atoms in total. The van der Waals surface area contributed by atoms with Crippen LogP contribution in [0.5, 0.6) is 0 Å². The lowest BCUT2D eigenvalue weighted by molar-refractivity contribution is 0.0431. The molecular formula is C38H39NOSi. The van der Waals surface area contributed by atoms with E-state index in [0.717, 1.165) is 25.4 Å². The lowest BCUT2D eigenvalue weighted by Gasteiger charge is -2.48. The number of rotatable bonds is 9. The highest BCUT2D eigenvalue weighted by Gasteiger charge is 2.49. The second kappa shape index (κ2) is 12.0. The largest absolute Gasteiger partial charge is 0.392 e. The van der Waals surface area contributed by atoms with E-state index in [0.29, 0.717) is 0 Å². The van der Waals surface area contributed by atoms with Crippen molar-refractivity contribution in [2.75, 3.05) is 6.54 Å². The van der Waals surface area contributed by atoms with E-state index in [9.17, 15) is 5.11 Å². The minimum absolute atomic E-state index is 0.0230. The first-order valence-electron chi connectivity index (χ1n) is 14.9.